The number of nitriles is 1. The van der Waals surface area contributed by atoms with Crippen LogP contribution in [0.3, 0.4) is 0 Å². The molecule has 0 atom stereocenters. The van der Waals surface area contributed by atoms with E-state index >= 15 is 0 Å². The molecule has 0 radical (unpaired) electrons. The average Bonchev–Trinajstić information content (AvgIpc) is 2.81. The molecule has 1 aliphatic rings. The Labute approximate surface area is 101 Å². The number of rotatable bonds is 4. The Morgan fingerprint density at radius 1 is 1.29 bits per heavy atom. The van der Waals surface area contributed by atoms with Crippen molar-refractivity contribution in [2.75, 3.05) is 11.9 Å². The van der Waals surface area contributed by atoms with E-state index in [-0.39, 0.29) is 5.82 Å². The summed E-state index contributed by atoms with van der Waals surface area (Å²) >= 11 is 0. The second kappa shape index (κ2) is 5.67. The molecule has 17 heavy (non-hydrogen) atoms. The Hall–Kier alpha value is -1.56. The number of hydrogen-bond acceptors (Lipinski definition) is 2. The molecular formula is C14H17FN2. The van der Waals surface area contributed by atoms with Crippen LogP contribution in [-0.2, 0) is 0 Å². The smallest absolute Gasteiger partial charge is 0.126 e. The zero-order valence-corrected chi connectivity index (χ0v) is 9.88. The highest BCUT2D eigenvalue weighted by Gasteiger charge is 2.14. The first-order valence-electron chi connectivity index (χ1n) is 6.22. The predicted molar refractivity (Wildman–Crippen MR) is 66.2 cm³/mol. The van der Waals surface area contributed by atoms with Crippen molar-refractivity contribution in [3.63, 3.8) is 0 Å². The van der Waals surface area contributed by atoms with Gasteiger partial charge >= 0.3 is 0 Å². The molecule has 3 heteroatoms. The van der Waals surface area contributed by atoms with Gasteiger partial charge in [-0.05, 0) is 30.5 Å². The molecule has 0 amide bonds. The molecule has 1 saturated carbocycles. The third-order valence-corrected chi connectivity index (χ3v) is 3.38. The SMILES string of the molecule is N#Cc1cc(F)cc(NCCC2CCCC2)c1. The summed E-state index contributed by atoms with van der Waals surface area (Å²) in [6, 6.07) is 6.34. The lowest BCUT2D eigenvalue weighted by atomic mass is 10.0. The lowest BCUT2D eigenvalue weighted by molar-refractivity contribution is 0.518. The molecule has 0 bridgehead atoms. The molecule has 2 nitrogen and oxygen atoms in total. The summed E-state index contributed by atoms with van der Waals surface area (Å²) in [5, 5.41) is 11.9. The van der Waals surface area contributed by atoms with Gasteiger partial charge in [0.05, 0.1) is 11.6 Å². The van der Waals surface area contributed by atoms with Crippen molar-refractivity contribution in [2.24, 2.45) is 5.92 Å². The fourth-order valence-electron chi connectivity index (χ4n) is 2.48. The first kappa shape index (κ1) is 11.9. The topological polar surface area (TPSA) is 35.8 Å². The van der Waals surface area contributed by atoms with E-state index < -0.39 is 0 Å². The van der Waals surface area contributed by atoms with Crippen LogP contribution in [0, 0.1) is 23.1 Å². The van der Waals surface area contributed by atoms with Gasteiger partial charge in [-0.15, -0.1) is 0 Å². The summed E-state index contributed by atoms with van der Waals surface area (Å²) in [4.78, 5) is 0. The maximum atomic E-state index is 13.2. The van der Waals surface area contributed by atoms with Crippen molar-refractivity contribution in [2.45, 2.75) is 32.1 Å². The highest BCUT2D eigenvalue weighted by molar-refractivity contribution is 5.49. The predicted octanol–water partition coefficient (Wildman–Crippen LogP) is 3.69. The Morgan fingerprint density at radius 3 is 2.76 bits per heavy atom. The van der Waals surface area contributed by atoms with Crippen molar-refractivity contribution in [3.8, 4) is 6.07 Å². The third-order valence-electron chi connectivity index (χ3n) is 3.38. The summed E-state index contributed by atoms with van der Waals surface area (Å²) in [6.45, 7) is 0.860. The summed E-state index contributed by atoms with van der Waals surface area (Å²) in [5.41, 5.74) is 1.08. The van der Waals surface area contributed by atoms with Gasteiger partial charge in [-0.25, -0.2) is 4.39 Å². The standard InChI is InChI=1S/C14H17FN2/c15-13-7-12(10-16)8-14(9-13)17-6-5-11-3-1-2-4-11/h7-9,11,17H,1-6H2. The van der Waals surface area contributed by atoms with Crippen LogP contribution >= 0.6 is 0 Å². The number of nitrogens with one attached hydrogen (secondary N) is 1. The van der Waals surface area contributed by atoms with Crippen LogP contribution in [0.1, 0.15) is 37.7 Å². The maximum Gasteiger partial charge on any atom is 0.126 e. The van der Waals surface area contributed by atoms with Gasteiger partial charge in [0.25, 0.3) is 0 Å². The number of anilines is 1. The first-order chi connectivity index (χ1) is 8.28. The first-order valence-corrected chi connectivity index (χ1v) is 6.22. The van der Waals surface area contributed by atoms with Crippen molar-refractivity contribution < 1.29 is 4.39 Å². The van der Waals surface area contributed by atoms with Gasteiger partial charge in [0, 0.05) is 12.2 Å². The van der Waals surface area contributed by atoms with Gasteiger partial charge in [-0.3, -0.25) is 0 Å². The number of nitrogens with zero attached hydrogens (tertiary/aromatic N) is 1. The zero-order chi connectivity index (χ0) is 12.1. The number of benzene rings is 1. The fourth-order valence-corrected chi connectivity index (χ4v) is 2.48. The molecule has 1 fully saturated rings. The highest BCUT2D eigenvalue weighted by atomic mass is 19.1. The van der Waals surface area contributed by atoms with E-state index in [1.54, 1.807) is 6.07 Å². The minimum atomic E-state index is -0.354. The number of hydrogen-bond donors (Lipinski definition) is 1. The second-order valence-corrected chi connectivity index (χ2v) is 4.71. The molecule has 0 unspecified atom stereocenters. The van der Waals surface area contributed by atoms with Gasteiger partial charge in [-0.1, -0.05) is 25.7 Å². The summed E-state index contributed by atoms with van der Waals surface area (Å²) in [7, 11) is 0. The molecule has 1 aliphatic carbocycles. The van der Waals surface area contributed by atoms with Crippen LogP contribution in [0.5, 0.6) is 0 Å². The monoisotopic (exact) mass is 232 g/mol. The Morgan fingerprint density at radius 2 is 2.06 bits per heavy atom. The maximum absolute atomic E-state index is 13.2. The van der Waals surface area contributed by atoms with E-state index in [0.29, 0.717) is 11.3 Å². The van der Waals surface area contributed by atoms with Gasteiger partial charge in [0.2, 0.25) is 0 Å². The van der Waals surface area contributed by atoms with E-state index in [0.717, 1.165) is 18.9 Å². The fraction of sp³-hybridized carbons (Fsp3) is 0.500. The van der Waals surface area contributed by atoms with Crippen molar-refractivity contribution in [1.29, 1.82) is 5.26 Å². The Balaban J connectivity index is 1.85. The Bertz CT molecular complexity index is 417. The molecule has 0 saturated heterocycles. The Kier molecular flexibility index (Phi) is 3.98. The summed E-state index contributed by atoms with van der Waals surface area (Å²) in [5.74, 6) is 0.471. The van der Waals surface area contributed by atoms with E-state index in [2.05, 4.69) is 5.32 Å². The summed E-state index contributed by atoms with van der Waals surface area (Å²) < 4.78 is 13.2. The molecule has 90 valence electrons. The molecule has 1 N–H and O–H groups in total. The van der Waals surface area contributed by atoms with Crippen molar-refractivity contribution >= 4 is 5.69 Å². The number of halogens is 1. The van der Waals surface area contributed by atoms with Crippen LogP contribution in [0.4, 0.5) is 10.1 Å². The van der Waals surface area contributed by atoms with Gasteiger partial charge < -0.3 is 5.32 Å². The van der Waals surface area contributed by atoms with Crippen LogP contribution in [0.25, 0.3) is 0 Å². The molecular weight excluding hydrogens is 215 g/mol. The minimum Gasteiger partial charge on any atom is -0.385 e. The van der Waals surface area contributed by atoms with E-state index in [1.807, 2.05) is 6.07 Å². The van der Waals surface area contributed by atoms with Gasteiger partial charge in [-0.2, -0.15) is 5.26 Å². The molecule has 0 aliphatic heterocycles. The quantitative estimate of drug-likeness (QED) is 0.859. The van der Waals surface area contributed by atoms with Crippen LogP contribution in [0.2, 0.25) is 0 Å². The average molecular weight is 232 g/mol. The van der Waals surface area contributed by atoms with Crippen LogP contribution in [0.15, 0.2) is 18.2 Å². The zero-order valence-electron chi connectivity index (χ0n) is 9.88. The molecule has 2 rings (SSSR count). The van der Waals surface area contributed by atoms with E-state index in [9.17, 15) is 4.39 Å². The van der Waals surface area contributed by atoms with Crippen LogP contribution < -0.4 is 5.32 Å². The van der Waals surface area contributed by atoms with Crippen molar-refractivity contribution in [1.82, 2.24) is 0 Å². The summed E-state index contributed by atoms with van der Waals surface area (Å²) in [6.07, 6.45) is 6.49. The third kappa shape index (κ3) is 3.45. The largest absolute Gasteiger partial charge is 0.385 e. The van der Waals surface area contributed by atoms with E-state index in [1.165, 1.54) is 37.8 Å². The van der Waals surface area contributed by atoms with Crippen molar-refractivity contribution in [3.05, 3.63) is 29.6 Å². The molecule has 0 aromatic heterocycles. The highest BCUT2D eigenvalue weighted by Crippen LogP contribution is 2.27. The van der Waals surface area contributed by atoms with Crippen LogP contribution in [-0.4, -0.2) is 6.54 Å². The van der Waals surface area contributed by atoms with Gasteiger partial charge in [0.1, 0.15) is 5.82 Å². The molecule has 1 aromatic carbocycles. The normalized spacial score (nSPS) is 15.8. The molecule has 0 spiro atoms. The van der Waals surface area contributed by atoms with E-state index in [4.69, 9.17) is 5.26 Å². The lowest BCUT2D eigenvalue weighted by Crippen LogP contribution is -2.06. The lowest BCUT2D eigenvalue weighted by Gasteiger charge is -2.11. The minimum absolute atomic E-state index is 0.354. The molecule has 1 aromatic rings. The van der Waals surface area contributed by atoms with Gasteiger partial charge in [0.15, 0.2) is 0 Å². The molecule has 0 heterocycles. The second-order valence-electron chi connectivity index (χ2n) is 4.71.